The number of nitrogens with one attached hydrogen (secondary N) is 2. The Morgan fingerprint density at radius 3 is 2.30 bits per heavy atom. The van der Waals surface area contributed by atoms with Gasteiger partial charge in [0.15, 0.2) is 11.5 Å². The lowest BCUT2D eigenvalue weighted by atomic mass is 10.0. The lowest BCUT2D eigenvalue weighted by Gasteiger charge is -2.16. The first-order chi connectivity index (χ1) is 16.0. The number of alkyl carbamates (subject to hydrolysis) is 1. The fourth-order valence-corrected chi connectivity index (χ4v) is 3.75. The maximum atomic E-state index is 11.2. The van der Waals surface area contributed by atoms with Gasteiger partial charge in [0.1, 0.15) is 0 Å². The zero-order chi connectivity index (χ0) is 23.4. The second kappa shape index (κ2) is 9.65. The summed E-state index contributed by atoms with van der Waals surface area (Å²) in [6.45, 7) is 2.38. The third-order valence-electron chi connectivity index (χ3n) is 5.49. The number of amides is 1. The van der Waals surface area contributed by atoms with Crippen molar-refractivity contribution in [3.05, 3.63) is 65.7 Å². The average Bonchev–Trinajstić information content (AvgIpc) is 2.83. The Kier molecular flexibility index (Phi) is 6.49. The number of methoxy groups -OCH3 is 2. The lowest BCUT2D eigenvalue weighted by molar-refractivity contribution is 0.150. The molecule has 0 spiro atoms. The number of hydrogen-bond donors (Lipinski definition) is 2. The number of benzene rings is 3. The number of carbonyl (C=O) groups excluding carboxylic acids is 1. The van der Waals surface area contributed by atoms with Crippen LogP contribution in [0.1, 0.15) is 11.1 Å². The van der Waals surface area contributed by atoms with E-state index in [4.69, 9.17) is 19.2 Å². The van der Waals surface area contributed by atoms with E-state index >= 15 is 0 Å². The van der Waals surface area contributed by atoms with Gasteiger partial charge < -0.3 is 24.8 Å². The van der Waals surface area contributed by atoms with Crippen LogP contribution in [0.15, 0.2) is 54.6 Å². The highest BCUT2D eigenvalue weighted by molar-refractivity contribution is 6.09. The maximum Gasteiger partial charge on any atom is 0.406 e. The Morgan fingerprint density at radius 1 is 0.909 bits per heavy atom. The molecule has 7 heteroatoms. The van der Waals surface area contributed by atoms with Crippen LogP contribution in [-0.4, -0.2) is 39.0 Å². The molecule has 0 unspecified atom stereocenters. The van der Waals surface area contributed by atoms with Gasteiger partial charge >= 0.3 is 6.09 Å². The maximum absolute atomic E-state index is 11.2. The molecule has 170 valence electrons. The second-order valence-corrected chi connectivity index (χ2v) is 7.69. The highest BCUT2D eigenvalue weighted by Gasteiger charge is 2.14. The van der Waals surface area contributed by atoms with Crippen molar-refractivity contribution in [2.45, 2.75) is 13.3 Å². The first-order valence-corrected chi connectivity index (χ1v) is 10.7. The van der Waals surface area contributed by atoms with Gasteiger partial charge in [0.2, 0.25) is 0 Å². The number of fused-ring (bicyclic) bond motifs is 2. The quantitative estimate of drug-likeness (QED) is 0.373. The van der Waals surface area contributed by atoms with Gasteiger partial charge in [0.05, 0.1) is 37.5 Å². The summed E-state index contributed by atoms with van der Waals surface area (Å²) in [5, 5.41) is 7.97. The predicted molar refractivity (Wildman–Crippen MR) is 131 cm³/mol. The van der Waals surface area contributed by atoms with Crippen LogP contribution in [0.25, 0.3) is 21.8 Å². The molecule has 0 atom stereocenters. The van der Waals surface area contributed by atoms with Crippen LogP contribution in [0.4, 0.5) is 16.2 Å². The molecule has 4 rings (SSSR count). The van der Waals surface area contributed by atoms with Gasteiger partial charge in [0.25, 0.3) is 0 Å². The normalized spacial score (nSPS) is 10.8. The van der Waals surface area contributed by atoms with Gasteiger partial charge in [-0.2, -0.15) is 0 Å². The summed E-state index contributed by atoms with van der Waals surface area (Å²) >= 11 is 0. The molecule has 0 bridgehead atoms. The number of nitrogens with zero attached hydrogens (tertiary/aromatic N) is 1. The van der Waals surface area contributed by atoms with E-state index in [2.05, 4.69) is 35.8 Å². The van der Waals surface area contributed by atoms with Gasteiger partial charge in [-0.25, -0.2) is 9.78 Å². The molecule has 1 aromatic heterocycles. The summed E-state index contributed by atoms with van der Waals surface area (Å²) in [4.78, 5) is 16.1. The van der Waals surface area contributed by atoms with Gasteiger partial charge in [0, 0.05) is 36.0 Å². The van der Waals surface area contributed by atoms with E-state index in [0.717, 1.165) is 44.3 Å². The Labute approximate surface area is 192 Å². The molecular weight excluding hydrogens is 418 g/mol. The van der Waals surface area contributed by atoms with Crippen molar-refractivity contribution in [3.8, 4) is 11.5 Å². The Balaban J connectivity index is 1.71. The number of aryl methyl sites for hydroxylation is 1. The van der Waals surface area contributed by atoms with Crippen LogP contribution < -0.4 is 20.1 Å². The van der Waals surface area contributed by atoms with E-state index in [1.54, 1.807) is 21.3 Å². The van der Waals surface area contributed by atoms with Crippen LogP contribution in [0, 0.1) is 6.92 Å². The molecule has 2 N–H and O–H groups in total. The van der Waals surface area contributed by atoms with Crippen LogP contribution in [0.2, 0.25) is 0 Å². The third-order valence-corrected chi connectivity index (χ3v) is 5.49. The lowest BCUT2D eigenvalue weighted by Crippen LogP contribution is -2.20. The summed E-state index contributed by atoms with van der Waals surface area (Å²) in [6, 6.07) is 18.2. The Bertz CT molecular complexity index is 1300. The predicted octanol–water partition coefficient (Wildman–Crippen LogP) is 5.36. The summed E-state index contributed by atoms with van der Waals surface area (Å²) in [6.07, 6.45) is 0.220. The van der Waals surface area contributed by atoms with E-state index < -0.39 is 6.09 Å². The van der Waals surface area contributed by atoms with Gasteiger partial charge in [-0.1, -0.05) is 24.3 Å². The van der Waals surface area contributed by atoms with Crippen LogP contribution in [-0.2, 0) is 11.2 Å². The van der Waals surface area contributed by atoms with Crippen LogP contribution in [0.3, 0.4) is 0 Å². The molecular formula is C26H27N3O4. The Morgan fingerprint density at radius 2 is 1.61 bits per heavy atom. The molecule has 1 amide bonds. The number of pyridine rings is 1. The molecule has 33 heavy (non-hydrogen) atoms. The molecule has 0 aliphatic rings. The van der Waals surface area contributed by atoms with Crippen molar-refractivity contribution >= 4 is 39.3 Å². The zero-order valence-electron chi connectivity index (χ0n) is 19.2. The number of hydrogen-bond acceptors (Lipinski definition) is 6. The molecule has 3 aromatic carbocycles. The largest absolute Gasteiger partial charge is 0.493 e. The monoisotopic (exact) mass is 445 g/mol. The van der Waals surface area contributed by atoms with Crippen molar-refractivity contribution in [2.24, 2.45) is 0 Å². The average molecular weight is 446 g/mol. The van der Waals surface area contributed by atoms with E-state index in [1.165, 1.54) is 0 Å². The van der Waals surface area contributed by atoms with Crippen molar-refractivity contribution in [2.75, 3.05) is 33.2 Å². The molecule has 0 saturated carbocycles. The van der Waals surface area contributed by atoms with E-state index in [9.17, 15) is 4.79 Å². The van der Waals surface area contributed by atoms with Gasteiger partial charge in [-0.05, 0) is 42.3 Å². The number of anilines is 2. The number of aromatic nitrogens is 1. The van der Waals surface area contributed by atoms with Crippen molar-refractivity contribution in [3.63, 3.8) is 0 Å². The van der Waals surface area contributed by atoms with Crippen LogP contribution >= 0.6 is 0 Å². The van der Waals surface area contributed by atoms with Gasteiger partial charge in [-0.15, -0.1) is 0 Å². The standard InChI is InChI=1S/C26H27N3O4/c1-16-5-10-19-21(13-16)29-22-15-24(32-4)23(31-3)14-20(22)25(19)28-18-8-6-17(7-9-18)11-12-33-26(30)27-2/h5-10,13-15H,11-12H2,1-4H3,(H,27,30)(H,28,29). The van der Waals surface area contributed by atoms with Crippen molar-refractivity contribution in [1.29, 1.82) is 0 Å². The van der Waals surface area contributed by atoms with E-state index in [1.807, 2.05) is 36.4 Å². The van der Waals surface area contributed by atoms with E-state index in [0.29, 0.717) is 24.5 Å². The molecule has 4 aromatic rings. The smallest absolute Gasteiger partial charge is 0.406 e. The molecule has 7 nitrogen and oxygen atoms in total. The van der Waals surface area contributed by atoms with Crippen molar-refractivity contribution < 1.29 is 19.0 Å². The fraction of sp³-hybridized carbons (Fsp3) is 0.231. The molecule has 1 heterocycles. The SMILES string of the molecule is CNC(=O)OCCc1ccc(Nc2c3ccc(C)cc3nc3cc(OC)c(OC)cc23)cc1. The molecule has 0 radical (unpaired) electrons. The minimum absolute atomic E-state index is 0.326. The van der Waals surface area contributed by atoms with E-state index in [-0.39, 0.29) is 0 Å². The first kappa shape index (κ1) is 22.2. The minimum Gasteiger partial charge on any atom is -0.493 e. The number of ether oxygens (including phenoxy) is 3. The topological polar surface area (TPSA) is 81.7 Å². The second-order valence-electron chi connectivity index (χ2n) is 7.69. The summed E-state index contributed by atoms with van der Waals surface area (Å²) in [5.74, 6) is 1.28. The summed E-state index contributed by atoms with van der Waals surface area (Å²) in [5.41, 5.74) is 5.83. The molecule has 0 fully saturated rings. The third kappa shape index (κ3) is 4.77. The first-order valence-electron chi connectivity index (χ1n) is 10.7. The highest BCUT2D eigenvalue weighted by Crippen LogP contribution is 2.39. The molecule has 0 aliphatic heterocycles. The zero-order valence-corrected chi connectivity index (χ0v) is 19.2. The summed E-state index contributed by atoms with van der Waals surface area (Å²) < 4.78 is 16.1. The number of carbonyl (C=O) groups is 1. The molecule has 0 saturated heterocycles. The minimum atomic E-state index is -0.424. The van der Waals surface area contributed by atoms with Gasteiger partial charge in [-0.3, -0.25) is 0 Å². The number of rotatable bonds is 7. The summed E-state index contributed by atoms with van der Waals surface area (Å²) in [7, 11) is 4.79. The van der Waals surface area contributed by atoms with Crippen LogP contribution in [0.5, 0.6) is 11.5 Å². The molecule has 0 aliphatic carbocycles. The highest BCUT2D eigenvalue weighted by atomic mass is 16.5. The van der Waals surface area contributed by atoms with Crippen molar-refractivity contribution in [1.82, 2.24) is 10.3 Å². The fourth-order valence-electron chi connectivity index (χ4n) is 3.75. The Hall–Kier alpha value is -4.00.